The van der Waals surface area contributed by atoms with E-state index in [1.54, 1.807) is 7.11 Å². The zero-order chi connectivity index (χ0) is 13.7. The lowest BCUT2D eigenvalue weighted by molar-refractivity contribution is -0.149. The quantitative estimate of drug-likeness (QED) is 0.541. The molecule has 0 aromatic heterocycles. The van der Waals surface area contributed by atoms with Crippen molar-refractivity contribution in [3.63, 3.8) is 0 Å². The molecule has 19 heavy (non-hydrogen) atoms. The molecule has 1 aliphatic carbocycles. The molecule has 110 valence electrons. The molecule has 0 bridgehead atoms. The number of ether oxygens (including phenoxy) is 2. The van der Waals surface area contributed by atoms with E-state index in [2.05, 4.69) is 4.90 Å². The Morgan fingerprint density at radius 1 is 1.47 bits per heavy atom. The summed E-state index contributed by atoms with van der Waals surface area (Å²) in [7, 11) is 1.74. The number of hydrogen-bond acceptors (Lipinski definition) is 4. The van der Waals surface area contributed by atoms with Gasteiger partial charge in [0.15, 0.2) is 0 Å². The SMILES string of the molecule is COCCN(CCC(=N)N)C1CCOC2(CCC2)C1. The summed E-state index contributed by atoms with van der Waals surface area (Å²) in [6, 6.07) is 0.559. The van der Waals surface area contributed by atoms with Gasteiger partial charge in [-0.15, -0.1) is 0 Å². The van der Waals surface area contributed by atoms with E-state index in [4.69, 9.17) is 20.6 Å². The number of nitrogens with one attached hydrogen (secondary N) is 1. The molecule has 0 radical (unpaired) electrons. The molecule has 2 rings (SSSR count). The normalized spacial score (nSPS) is 25.5. The lowest BCUT2D eigenvalue weighted by Crippen LogP contribution is -2.53. The minimum absolute atomic E-state index is 0.171. The van der Waals surface area contributed by atoms with Crippen molar-refractivity contribution in [2.24, 2.45) is 5.73 Å². The highest BCUT2D eigenvalue weighted by Gasteiger charge is 2.43. The average molecular weight is 269 g/mol. The molecule has 2 aliphatic rings. The summed E-state index contributed by atoms with van der Waals surface area (Å²) in [5.41, 5.74) is 5.66. The minimum Gasteiger partial charge on any atom is -0.388 e. The third-order valence-electron chi connectivity index (χ3n) is 4.50. The zero-order valence-corrected chi connectivity index (χ0v) is 12.0. The van der Waals surface area contributed by atoms with E-state index < -0.39 is 0 Å². The van der Waals surface area contributed by atoms with Crippen LogP contribution in [-0.2, 0) is 9.47 Å². The summed E-state index contributed by atoms with van der Waals surface area (Å²) in [4.78, 5) is 2.44. The fourth-order valence-electron chi connectivity index (χ4n) is 3.18. The van der Waals surface area contributed by atoms with E-state index in [-0.39, 0.29) is 11.4 Å². The first-order chi connectivity index (χ1) is 9.15. The Bertz CT molecular complexity index is 305. The molecule has 0 aromatic rings. The predicted molar refractivity (Wildman–Crippen MR) is 75.5 cm³/mol. The van der Waals surface area contributed by atoms with E-state index in [0.717, 1.165) is 39.1 Å². The molecule has 1 saturated heterocycles. The lowest BCUT2D eigenvalue weighted by atomic mass is 9.73. The van der Waals surface area contributed by atoms with Crippen LogP contribution in [-0.4, -0.2) is 55.8 Å². The van der Waals surface area contributed by atoms with Gasteiger partial charge < -0.3 is 15.2 Å². The summed E-state index contributed by atoms with van der Waals surface area (Å²) in [6.07, 6.45) is 6.60. The Hall–Kier alpha value is -0.650. The zero-order valence-electron chi connectivity index (χ0n) is 12.0. The number of rotatable bonds is 7. The van der Waals surface area contributed by atoms with Gasteiger partial charge in [-0.1, -0.05) is 0 Å². The maximum atomic E-state index is 7.40. The minimum atomic E-state index is 0.171. The van der Waals surface area contributed by atoms with Crippen LogP contribution in [0.5, 0.6) is 0 Å². The molecule has 0 amide bonds. The van der Waals surface area contributed by atoms with Gasteiger partial charge in [0.2, 0.25) is 0 Å². The monoisotopic (exact) mass is 269 g/mol. The largest absolute Gasteiger partial charge is 0.388 e. The molecule has 1 unspecified atom stereocenters. The highest BCUT2D eigenvalue weighted by atomic mass is 16.5. The van der Waals surface area contributed by atoms with Gasteiger partial charge in [-0.2, -0.15) is 0 Å². The first-order valence-electron chi connectivity index (χ1n) is 7.35. The van der Waals surface area contributed by atoms with Crippen molar-refractivity contribution < 1.29 is 9.47 Å². The number of methoxy groups -OCH3 is 1. The second kappa shape index (κ2) is 6.68. The maximum Gasteiger partial charge on any atom is 0.0918 e. The van der Waals surface area contributed by atoms with Crippen LogP contribution in [0.4, 0.5) is 0 Å². The van der Waals surface area contributed by atoms with Crippen LogP contribution < -0.4 is 5.73 Å². The standard InChI is InChI=1S/C14H27N3O2/c1-18-10-8-17(7-3-13(15)16)12-4-9-19-14(11-12)5-2-6-14/h12H,2-11H2,1H3,(H3,15,16). The Morgan fingerprint density at radius 3 is 2.84 bits per heavy atom. The Morgan fingerprint density at radius 2 is 2.26 bits per heavy atom. The molecular weight excluding hydrogens is 242 g/mol. The van der Waals surface area contributed by atoms with Crippen LogP contribution >= 0.6 is 0 Å². The summed E-state index contributed by atoms with van der Waals surface area (Å²) in [6.45, 7) is 3.39. The highest BCUT2D eigenvalue weighted by Crippen LogP contribution is 2.43. The van der Waals surface area contributed by atoms with Gasteiger partial charge in [-0.05, 0) is 32.1 Å². The average Bonchev–Trinajstić information content (AvgIpc) is 2.37. The van der Waals surface area contributed by atoms with Gasteiger partial charge in [0.05, 0.1) is 18.0 Å². The molecule has 1 saturated carbocycles. The van der Waals surface area contributed by atoms with Crippen molar-refractivity contribution >= 4 is 5.84 Å². The molecule has 1 aliphatic heterocycles. The molecule has 1 spiro atoms. The molecule has 3 N–H and O–H groups in total. The summed E-state index contributed by atoms with van der Waals surface area (Å²) < 4.78 is 11.2. The van der Waals surface area contributed by atoms with Crippen LogP contribution in [0.2, 0.25) is 0 Å². The van der Waals surface area contributed by atoms with Crippen molar-refractivity contribution in [3.05, 3.63) is 0 Å². The van der Waals surface area contributed by atoms with Crippen LogP contribution in [0.15, 0.2) is 0 Å². The van der Waals surface area contributed by atoms with Gasteiger partial charge >= 0.3 is 0 Å². The van der Waals surface area contributed by atoms with Crippen molar-refractivity contribution in [2.45, 2.75) is 50.2 Å². The fraction of sp³-hybridized carbons (Fsp3) is 0.929. The fourth-order valence-corrected chi connectivity index (χ4v) is 3.18. The smallest absolute Gasteiger partial charge is 0.0918 e. The van der Waals surface area contributed by atoms with Gasteiger partial charge in [0.1, 0.15) is 0 Å². The Kier molecular flexibility index (Phi) is 5.19. The molecule has 1 atom stereocenters. The van der Waals surface area contributed by atoms with Gasteiger partial charge in [0.25, 0.3) is 0 Å². The maximum absolute atomic E-state index is 7.40. The van der Waals surface area contributed by atoms with Gasteiger partial charge in [0, 0.05) is 39.3 Å². The van der Waals surface area contributed by atoms with E-state index in [9.17, 15) is 0 Å². The number of amidine groups is 1. The lowest BCUT2D eigenvalue weighted by Gasteiger charge is -2.49. The van der Waals surface area contributed by atoms with Crippen LogP contribution in [0.3, 0.4) is 0 Å². The van der Waals surface area contributed by atoms with Crippen molar-refractivity contribution in [2.75, 3.05) is 33.4 Å². The molecule has 5 heteroatoms. The van der Waals surface area contributed by atoms with Crippen molar-refractivity contribution in [1.29, 1.82) is 5.41 Å². The summed E-state index contributed by atoms with van der Waals surface area (Å²) >= 11 is 0. The van der Waals surface area contributed by atoms with Gasteiger partial charge in [-0.25, -0.2) is 0 Å². The highest BCUT2D eigenvalue weighted by molar-refractivity contribution is 5.76. The van der Waals surface area contributed by atoms with Gasteiger partial charge in [-0.3, -0.25) is 10.3 Å². The summed E-state index contributed by atoms with van der Waals surface area (Å²) in [5, 5.41) is 7.40. The summed E-state index contributed by atoms with van der Waals surface area (Å²) in [5.74, 6) is 0.271. The molecule has 0 aromatic carbocycles. The van der Waals surface area contributed by atoms with Crippen molar-refractivity contribution in [1.82, 2.24) is 4.90 Å². The molecule has 5 nitrogen and oxygen atoms in total. The third-order valence-corrected chi connectivity index (χ3v) is 4.50. The predicted octanol–water partition coefficient (Wildman–Crippen LogP) is 1.36. The first kappa shape index (κ1) is 14.8. The second-order valence-electron chi connectivity index (χ2n) is 5.84. The Labute approximate surface area is 115 Å². The van der Waals surface area contributed by atoms with Crippen LogP contribution in [0.25, 0.3) is 0 Å². The number of hydrogen-bond donors (Lipinski definition) is 2. The van der Waals surface area contributed by atoms with Crippen molar-refractivity contribution in [3.8, 4) is 0 Å². The van der Waals surface area contributed by atoms with Crippen LogP contribution in [0.1, 0.15) is 38.5 Å². The third kappa shape index (κ3) is 3.91. The van der Waals surface area contributed by atoms with E-state index >= 15 is 0 Å². The van der Waals surface area contributed by atoms with E-state index in [0.29, 0.717) is 12.5 Å². The molecular formula is C14H27N3O2. The van der Waals surface area contributed by atoms with E-state index in [1.165, 1.54) is 19.3 Å². The topological polar surface area (TPSA) is 71.6 Å². The molecule has 2 fully saturated rings. The van der Waals surface area contributed by atoms with Crippen LogP contribution in [0, 0.1) is 5.41 Å². The Balaban J connectivity index is 1.89. The van der Waals surface area contributed by atoms with E-state index in [1.807, 2.05) is 0 Å². The number of nitrogens with zero attached hydrogens (tertiary/aromatic N) is 1. The second-order valence-corrected chi connectivity index (χ2v) is 5.84. The first-order valence-corrected chi connectivity index (χ1v) is 7.35. The molecule has 1 heterocycles. The number of nitrogens with two attached hydrogens (primary N) is 1.